The van der Waals surface area contributed by atoms with Crippen molar-refractivity contribution in [2.24, 2.45) is 0 Å². The van der Waals surface area contributed by atoms with Gasteiger partial charge in [-0.25, -0.2) is 8.42 Å². The van der Waals surface area contributed by atoms with Crippen LogP contribution in [0.3, 0.4) is 0 Å². The number of rotatable bonds is 6. The fraction of sp³-hybridized carbons (Fsp3) is 0.231. The molecule has 0 saturated carbocycles. The van der Waals surface area contributed by atoms with E-state index in [0.717, 1.165) is 11.8 Å². The van der Waals surface area contributed by atoms with Gasteiger partial charge in [-0.1, -0.05) is 54.1 Å². The summed E-state index contributed by atoms with van der Waals surface area (Å²) in [5.41, 5.74) is 1.85. The van der Waals surface area contributed by atoms with Crippen molar-refractivity contribution in [3.05, 3.63) is 88.9 Å². The van der Waals surface area contributed by atoms with Crippen LogP contribution in [0, 0.1) is 0 Å². The van der Waals surface area contributed by atoms with Crippen LogP contribution in [0.15, 0.2) is 72.8 Å². The molecule has 0 aliphatic carbocycles. The predicted molar refractivity (Wildman–Crippen MR) is 140 cm³/mol. The maximum absolute atomic E-state index is 13.2. The second kappa shape index (κ2) is 10.6. The molecule has 188 valence electrons. The highest BCUT2D eigenvalue weighted by Gasteiger charge is 2.32. The van der Waals surface area contributed by atoms with Crippen LogP contribution in [-0.4, -0.2) is 39.1 Å². The molecule has 2 amide bonds. The van der Waals surface area contributed by atoms with Crippen molar-refractivity contribution in [3.8, 4) is 5.75 Å². The molecular formula is C26H26ClN3O5S. The van der Waals surface area contributed by atoms with Crippen LogP contribution >= 0.6 is 11.6 Å². The Balaban J connectivity index is 1.53. The monoisotopic (exact) mass is 527 g/mol. The summed E-state index contributed by atoms with van der Waals surface area (Å²) in [4.78, 5) is 26.2. The molecule has 0 saturated heterocycles. The summed E-state index contributed by atoms with van der Waals surface area (Å²) in [5, 5.41) is 6.07. The predicted octanol–water partition coefficient (Wildman–Crippen LogP) is 4.39. The highest BCUT2D eigenvalue weighted by molar-refractivity contribution is 7.92. The van der Waals surface area contributed by atoms with Gasteiger partial charge < -0.3 is 15.4 Å². The van der Waals surface area contributed by atoms with Crippen LogP contribution < -0.4 is 19.7 Å². The third-order valence-electron chi connectivity index (χ3n) is 5.82. The van der Waals surface area contributed by atoms with E-state index in [1.807, 2.05) is 37.3 Å². The van der Waals surface area contributed by atoms with Gasteiger partial charge in [0, 0.05) is 18.0 Å². The van der Waals surface area contributed by atoms with E-state index in [4.69, 9.17) is 16.3 Å². The number of amides is 2. The van der Waals surface area contributed by atoms with Crippen LogP contribution in [0.1, 0.15) is 35.3 Å². The number of fused-ring (bicyclic) bond motifs is 1. The Kier molecular flexibility index (Phi) is 7.51. The molecule has 1 aliphatic rings. The maximum atomic E-state index is 13.2. The molecule has 1 heterocycles. The first-order valence-corrected chi connectivity index (χ1v) is 13.6. The summed E-state index contributed by atoms with van der Waals surface area (Å²) >= 11 is 6.08. The molecule has 0 aromatic heterocycles. The third kappa shape index (κ3) is 5.80. The fourth-order valence-electron chi connectivity index (χ4n) is 3.98. The Morgan fingerprint density at radius 3 is 2.47 bits per heavy atom. The average Bonchev–Trinajstić information content (AvgIpc) is 3.04. The number of halogens is 1. The minimum absolute atomic E-state index is 0.0288. The van der Waals surface area contributed by atoms with Gasteiger partial charge in [-0.15, -0.1) is 0 Å². The largest absolute Gasteiger partial charge is 0.478 e. The zero-order chi connectivity index (χ0) is 25.9. The quantitative estimate of drug-likeness (QED) is 0.495. The van der Waals surface area contributed by atoms with Crippen LogP contribution in [-0.2, 0) is 14.8 Å². The Morgan fingerprint density at radius 2 is 1.75 bits per heavy atom. The number of nitrogens with zero attached hydrogens (tertiary/aromatic N) is 1. The minimum atomic E-state index is -3.63. The lowest BCUT2D eigenvalue weighted by Gasteiger charge is -2.21. The number of carbonyl (C=O) groups excluding carboxylic acids is 2. The number of para-hydroxylation sites is 1. The van der Waals surface area contributed by atoms with E-state index in [1.54, 1.807) is 30.3 Å². The van der Waals surface area contributed by atoms with Crippen molar-refractivity contribution in [1.29, 1.82) is 0 Å². The molecule has 36 heavy (non-hydrogen) atoms. The molecule has 2 N–H and O–H groups in total. The highest BCUT2D eigenvalue weighted by Crippen LogP contribution is 2.36. The van der Waals surface area contributed by atoms with E-state index in [0.29, 0.717) is 16.3 Å². The first kappa shape index (κ1) is 25.5. The van der Waals surface area contributed by atoms with Crippen molar-refractivity contribution in [1.82, 2.24) is 5.32 Å². The van der Waals surface area contributed by atoms with E-state index in [9.17, 15) is 18.0 Å². The van der Waals surface area contributed by atoms with Gasteiger partial charge >= 0.3 is 0 Å². The molecule has 3 aromatic carbocycles. The molecule has 2 unspecified atom stereocenters. The van der Waals surface area contributed by atoms with Crippen molar-refractivity contribution in [2.45, 2.75) is 25.5 Å². The number of anilines is 2. The van der Waals surface area contributed by atoms with Crippen molar-refractivity contribution in [3.63, 3.8) is 0 Å². The van der Waals surface area contributed by atoms with Crippen LogP contribution in [0.2, 0.25) is 5.02 Å². The van der Waals surface area contributed by atoms with Gasteiger partial charge in [0.1, 0.15) is 5.75 Å². The van der Waals surface area contributed by atoms with E-state index >= 15 is 0 Å². The molecule has 0 spiro atoms. The van der Waals surface area contributed by atoms with Gasteiger partial charge in [0.25, 0.3) is 11.8 Å². The van der Waals surface area contributed by atoms with Crippen molar-refractivity contribution >= 4 is 44.8 Å². The zero-order valence-electron chi connectivity index (χ0n) is 19.8. The fourth-order valence-corrected chi connectivity index (χ4v) is 5.09. The Bertz CT molecular complexity index is 1380. The molecule has 0 radical (unpaired) electrons. The Morgan fingerprint density at radius 1 is 1.06 bits per heavy atom. The minimum Gasteiger partial charge on any atom is -0.478 e. The van der Waals surface area contributed by atoms with Crippen molar-refractivity contribution < 1.29 is 22.7 Å². The van der Waals surface area contributed by atoms with Crippen LogP contribution in [0.5, 0.6) is 5.75 Å². The standard InChI is InChI=1S/C26H26ClN3O5S/c1-17(18-8-4-3-5-9-18)28-25(31)20-10-6-7-11-21(20)29-26(32)24-14-15-30(36(2,33)34)22-16-19(27)12-13-23(22)35-24/h3-13,16-17,24H,14-15H2,1-2H3,(H,28,31)(H,29,32). The lowest BCUT2D eigenvalue weighted by Crippen LogP contribution is -2.36. The second-order valence-corrected chi connectivity index (χ2v) is 10.8. The maximum Gasteiger partial charge on any atom is 0.265 e. The summed E-state index contributed by atoms with van der Waals surface area (Å²) < 4.78 is 31.8. The van der Waals surface area contributed by atoms with E-state index in [1.165, 1.54) is 16.4 Å². The number of ether oxygens (including phenoxy) is 1. The first-order valence-electron chi connectivity index (χ1n) is 11.3. The zero-order valence-corrected chi connectivity index (χ0v) is 21.3. The molecule has 10 heteroatoms. The average molecular weight is 528 g/mol. The van der Waals surface area contributed by atoms with E-state index < -0.39 is 22.0 Å². The number of carbonyl (C=O) groups is 2. The van der Waals surface area contributed by atoms with Gasteiger partial charge in [-0.2, -0.15) is 0 Å². The topological polar surface area (TPSA) is 105 Å². The van der Waals surface area contributed by atoms with Gasteiger partial charge in [-0.3, -0.25) is 13.9 Å². The smallest absolute Gasteiger partial charge is 0.265 e. The second-order valence-electron chi connectivity index (χ2n) is 8.48. The van der Waals surface area contributed by atoms with Crippen LogP contribution in [0.4, 0.5) is 11.4 Å². The SMILES string of the molecule is CC(NC(=O)c1ccccc1NC(=O)C1CCN(S(C)(=O)=O)c2cc(Cl)ccc2O1)c1ccccc1. The number of nitrogens with one attached hydrogen (secondary N) is 2. The summed E-state index contributed by atoms with van der Waals surface area (Å²) in [6.45, 7) is 1.91. The van der Waals surface area contributed by atoms with Gasteiger partial charge in [-0.05, 0) is 42.8 Å². The number of hydrogen-bond donors (Lipinski definition) is 2. The molecule has 1 aliphatic heterocycles. The van der Waals surface area contributed by atoms with Crippen LogP contribution in [0.25, 0.3) is 0 Å². The van der Waals surface area contributed by atoms with E-state index in [-0.39, 0.29) is 36.4 Å². The summed E-state index contributed by atoms with van der Waals surface area (Å²) in [7, 11) is -3.63. The molecule has 4 rings (SSSR count). The van der Waals surface area contributed by atoms with Crippen molar-refractivity contribution in [2.75, 3.05) is 22.4 Å². The molecule has 8 nitrogen and oxygen atoms in total. The van der Waals surface area contributed by atoms with E-state index in [2.05, 4.69) is 10.6 Å². The Labute approximate surface area is 215 Å². The highest BCUT2D eigenvalue weighted by atomic mass is 35.5. The van der Waals surface area contributed by atoms with Gasteiger partial charge in [0.15, 0.2) is 6.10 Å². The molecule has 0 bridgehead atoms. The molecule has 3 aromatic rings. The summed E-state index contributed by atoms with van der Waals surface area (Å²) in [5.74, 6) is -0.611. The number of sulfonamides is 1. The lowest BCUT2D eigenvalue weighted by atomic mass is 10.1. The summed E-state index contributed by atoms with van der Waals surface area (Å²) in [6, 6.07) is 20.6. The van der Waals surface area contributed by atoms with Gasteiger partial charge in [0.2, 0.25) is 10.0 Å². The number of benzene rings is 3. The Hall–Kier alpha value is -3.56. The summed E-state index contributed by atoms with van der Waals surface area (Å²) in [6.07, 6.45) is 0.199. The normalized spacial score (nSPS) is 16.2. The third-order valence-corrected chi connectivity index (χ3v) is 7.24. The number of hydrogen-bond acceptors (Lipinski definition) is 5. The first-order chi connectivity index (χ1) is 17.1. The molecular weight excluding hydrogens is 502 g/mol. The lowest BCUT2D eigenvalue weighted by molar-refractivity contribution is -0.122. The molecule has 0 fully saturated rings. The van der Waals surface area contributed by atoms with Gasteiger partial charge in [0.05, 0.1) is 29.2 Å². The molecule has 2 atom stereocenters.